The van der Waals surface area contributed by atoms with Crippen LogP contribution in [0.2, 0.25) is 0 Å². The normalized spacial score (nSPS) is 20.3. The summed E-state index contributed by atoms with van der Waals surface area (Å²) in [6, 6.07) is 12.3. The van der Waals surface area contributed by atoms with Crippen LogP contribution >= 0.6 is 0 Å². The van der Waals surface area contributed by atoms with Crippen LogP contribution in [-0.4, -0.2) is 72.6 Å². The standard InChI is InChI=1S/C28H32N2O5/c1-4-15-35-22-9-10-23(20(3)18-22)26(31)24-25(21-7-5-19(2)6-8-21)30(28(33)27(24)32)12-11-29-13-16-34-17-14-29/h4-10,18,25,31H,1,11-17H2,2-3H3/t25-/m1/s1. The molecule has 7 heteroatoms. The van der Waals surface area contributed by atoms with Gasteiger partial charge in [0, 0.05) is 31.7 Å². The summed E-state index contributed by atoms with van der Waals surface area (Å²) < 4.78 is 11.0. The van der Waals surface area contributed by atoms with Crippen LogP contribution in [0.1, 0.15) is 28.3 Å². The second kappa shape index (κ2) is 10.9. The van der Waals surface area contributed by atoms with Gasteiger partial charge in [0.05, 0.1) is 24.8 Å². The highest BCUT2D eigenvalue weighted by Crippen LogP contribution is 2.40. The Morgan fingerprint density at radius 1 is 1.11 bits per heavy atom. The van der Waals surface area contributed by atoms with Crippen LogP contribution in [0.25, 0.3) is 5.76 Å². The molecule has 2 aliphatic heterocycles. The van der Waals surface area contributed by atoms with Gasteiger partial charge in [-0.3, -0.25) is 14.5 Å². The summed E-state index contributed by atoms with van der Waals surface area (Å²) in [5.41, 5.74) is 3.22. The Hall–Kier alpha value is -3.42. The van der Waals surface area contributed by atoms with E-state index in [1.54, 1.807) is 29.2 Å². The number of morpholine rings is 1. The van der Waals surface area contributed by atoms with Gasteiger partial charge in [-0.15, -0.1) is 0 Å². The molecule has 0 unspecified atom stereocenters. The van der Waals surface area contributed by atoms with E-state index in [0.717, 1.165) is 29.8 Å². The molecule has 4 rings (SSSR count). The van der Waals surface area contributed by atoms with Crippen LogP contribution in [0.5, 0.6) is 5.75 Å². The number of aliphatic hydroxyl groups excluding tert-OH is 1. The van der Waals surface area contributed by atoms with E-state index in [0.29, 0.717) is 44.2 Å². The van der Waals surface area contributed by atoms with E-state index < -0.39 is 17.7 Å². The third-order valence-electron chi connectivity index (χ3n) is 6.51. The van der Waals surface area contributed by atoms with E-state index in [1.165, 1.54) is 0 Å². The van der Waals surface area contributed by atoms with Crippen molar-refractivity contribution >= 4 is 17.4 Å². The summed E-state index contributed by atoms with van der Waals surface area (Å²) in [6.07, 6.45) is 1.66. The van der Waals surface area contributed by atoms with Crippen molar-refractivity contribution in [3.05, 3.63) is 82.9 Å². The highest BCUT2D eigenvalue weighted by atomic mass is 16.5. The zero-order valence-electron chi connectivity index (χ0n) is 20.3. The molecule has 1 atom stereocenters. The number of hydrogen-bond acceptors (Lipinski definition) is 6. The molecule has 2 aromatic rings. The Morgan fingerprint density at radius 2 is 1.83 bits per heavy atom. The van der Waals surface area contributed by atoms with Crippen molar-refractivity contribution < 1.29 is 24.2 Å². The third-order valence-corrected chi connectivity index (χ3v) is 6.51. The number of Topliss-reactive ketones (excluding diaryl/α,β-unsaturated/α-hetero) is 1. The van der Waals surface area contributed by atoms with Gasteiger partial charge in [-0.2, -0.15) is 0 Å². The van der Waals surface area contributed by atoms with Gasteiger partial charge in [0.2, 0.25) is 0 Å². The van der Waals surface area contributed by atoms with Gasteiger partial charge in [0.25, 0.3) is 11.7 Å². The van der Waals surface area contributed by atoms with E-state index in [1.807, 2.05) is 38.1 Å². The van der Waals surface area contributed by atoms with Crippen molar-refractivity contribution in [3.63, 3.8) is 0 Å². The van der Waals surface area contributed by atoms with Gasteiger partial charge in [0.15, 0.2) is 0 Å². The van der Waals surface area contributed by atoms with E-state index in [-0.39, 0.29) is 11.3 Å². The number of amides is 1. The molecule has 1 amide bonds. The van der Waals surface area contributed by atoms with Crippen LogP contribution in [0.4, 0.5) is 0 Å². The Balaban J connectivity index is 1.72. The molecule has 2 saturated heterocycles. The van der Waals surface area contributed by atoms with Crippen molar-refractivity contribution in [1.29, 1.82) is 0 Å². The number of hydrogen-bond donors (Lipinski definition) is 1. The zero-order valence-corrected chi connectivity index (χ0v) is 20.3. The highest BCUT2D eigenvalue weighted by Gasteiger charge is 2.46. The molecule has 7 nitrogen and oxygen atoms in total. The van der Waals surface area contributed by atoms with Crippen molar-refractivity contribution in [1.82, 2.24) is 9.80 Å². The van der Waals surface area contributed by atoms with Gasteiger partial charge in [-0.1, -0.05) is 42.5 Å². The third kappa shape index (κ3) is 5.31. The van der Waals surface area contributed by atoms with Crippen LogP contribution < -0.4 is 4.74 Å². The number of ketones is 1. The summed E-state index contributed by atoms with van der Waals surface area (Å²) in [4.78, 5) is 30.3. The summed E-state index contributed by atoms with van der Waals surface area (Å²) in [6.45, 7) is 11.8. The van der Waals surface area contributed by atoms with E-state index in [2.05, 4.69) is 11.5 Å². The molecule has 0 spiro atoms. The number of likely N-dealkylation sites (tertiary alicyclic amines) is 1. The molecule has 1 N–H and O–H groups in total. The lowest BCUT2D eigenvalue weighted by Crippen LogP contribution is -2.42. The molecule has 2 aromatic carbocycles. The first kappa shape index (κ1) is 24.7. The molecule has 0 radical (unpaired) electrons. The smallest absolute Gasteiger partial charge is 0.295 e. The molecule has 2 aliphatic rings. The summed E-state index contributed by atoms with van der Waals surface area (Å²) in [5.74, 6) is -0.786. The molecule has 0 saturated carbocycles. The van der Waals surface area contributed by atoms with Crippen molar-refractivity contribution in [2.24, 2.45) is 0 Å². The Kier molecular flexibility index (Phi) is 7.68. The topological polar surface area (TPSA) is 79.3 Å². The lowest BCUT2D eigenvalue weighted by Gasteiger charge is -2.31. The minimum absolute atomic E-state index is 0.115. The molecule has 2 fully saturated rings. The number of aliphatic hydroxyl groups is 1. The number of benzene rings is 2. The number of nitrogens with zero attached hydrogens (tertiary/aromatic N) is 2. The summed E-state index contributed by atoms with van der Waals surface area (Å²) in [5, 5.41) is 11.4. The van der Waals surface area contributed by atoms with Gasteiger partial charge in [-0.05, 0) is 43.2 Å². The maximum absolute atomic E-state index is 13.3. The van der Waals surface area contributed by atoms with Crippen LogP contribution in [0, 0.1) is 13.8 Å². The van der Waals surface area contributed by atoms with Crippen LogP contribution in [-0.2, 0) is 14.3 Å². The van der Waals surface area contributed by atoms with E-state index >= 15 is 0 Å². The second-order valence-electron chi connectivity index (χ2n) is 8.93. The van der Waals surface area contributed by atoms with E-state index in [4.69, 9.17) is 9.47 Å². The van der Waals surface area contributed by atoms with E-state index in [9.17, 15) is 14.7 Å². The SMILES string of the molecule is C=CCOc1ccc(C(O)=C2C(=O)C(=O)N(CCN3CCOCC3)[C@@H]2c2ccc(C)cc2)c(C)c1. The molecule has 0 aliphatic carbocycles. The fraction of sp³-hybridized carbons (Fsp3) is 0.357. The first-order valence-corrected chi connectivity index (χ1v) is 11.9. The predicted molar refractivity (Wildman–Crippen MR) is 134 cm³/mol. The lowest BCUT2D eigenvalue weighted by molar-refractivity contribution is -0.140. The van der Waals surface area contributed by atoms with Crippen molar-refractivity contribution in [3.8, 4) is 5.75 Å². The number of rotatable bonds is 8. The van der Waals surface area contributed by atoms with Gasteiger partial charge in [-0.25, -0.2) is 0 Å². The second-order valence-corrected chi connectivity index (χ2v) is 8.93. The highest BCUT2D eigenvalue weighted by molar-refractivity contribution is 6.46. The fourth-order valence-electron chi connectivity index (χ4n) is 4.57. The van der Waals surface area contributed by atoms with Crippen LogP contribution in [0.15, 0.2) is 60.7 Å². The Bertz CT molecular complexity index is 1130. The molecule has 184 valence electrons. The first-order chi connectivity index (χ1) is 16.9. The molecule has 35 heavy (non-hydrogen) atoms. The van der Waals surface area contributed by atoms with Crippen molar-refractivity contribution in [2.45, 2.75) is 19.9 Å². The minimum Gasteiger partial charge on any atom is -0.507 e. The summed E-state index contributed by atoms with van der Waals surface area (Å²) >= 11 is 0. The summed E-state index contributed by atoms with van der Waals surface area (Å²) in [7, 11) is 0. The fourth-order valence-corrected chi connectivity index (χ4v) is 4.57. The number of aryl methyl sites for hydroxylation is 2. The largest absolute Gasteiger partial charge is 0.507 e. The molecular formula is C28H32N2O5. The monoisotopic (exact) mass is 476 g/mol. The van der Waals surface area contributed by atoms with Gasteiger partial charge >= 0.3 is 0 Å². The number of carbonyl (C=O) groups excluding carboxylic acids is 2. The maximum atomic E-state index is 13.3. The Morgan fingerprint density at radius 3 is 2.49 bits per heavy atom. The van der Waals surface area contributed by atoms with Crippen LogP contribution in [0.3, 0.4) is 0 Å². The molecule has 0 aromatic heterocycles. The number of carbonyl (C=O) groups is 2. The van der Waals surface area contributed by atoms with Gasteiger partial charge < -0.3 is 19.5 Å². The first-order valence-electron chi connectivity index (χ1n) is 11.9. The average Bonchev–Trinajstić information content (AvgIpc) is 3.12. The van der Waals surface area contributed by atoms with Gasteiger partial charge in [0.1, 0.15) is 18.1 Å². The zero-order chi connectivity index (χ0) is 24.9. The predicted octanol–water partition coefficient (Wildman–Crippen LogP) is 3.62. The van der Waals surface area contributed by atoms with Crippen molar-refractivity contribution in [2.75, 3.05) is 46.0 Å². The lowest BCUT2D eigenvalue weighted by atomic mass is 9.93. The average molecular weight is 477 g/mol. The molecular weight excluding hydrogens is 444 g/mol. The maximum Gasteiger partial charge on any atom is 0.295 e. The molecule has 2 heterocycles. The quantitative estimate of drug-likeness (QED) is 0.271. The Labute approximate surface area is 206 Å². The minimum atomic E-state index is -0.665. The molecule has 0 bridgehead atoms. The number of ether oxygens (including phenoxy) is 2.